The number of aliphatic hydroxyl groups is 1. The highest BCUT2D eigenvalue weighted by atomic mass is 32.7. The number of thioether (sulfide) groups is 1. The second kappa shape index (κ2) is 44.6. The van der Waals surface area contributed by atoms with E-state index in [4.69, 9.17) is 24.2 Å². The van der Waals surface area contributed by atoms with Gasteiger partial charge >= 0.3 is 7.60 Å². The van der Waals surface area contributed by atoms with E-state index in [2.05, 4.69) is 148 Å². The van der Waals surface area contributed by atoms with Gasteiger partial charge in [0.2, 0.25) is 7.37 Å². The van der Waals surface area contributed by atoms with E-state index in [1.165, 1.54) is 18.0 Å². The van der Waals surface area contributed by atoms with Crippen LogP contribution in [0, 0.1) is 0 Å². The van der Waals surface area contributed by atoms with Gasteiger partial charge in [-0.1, -0.05) is 22.8 Å². The van der Waals surface area contributed by atoms with Gasteiger partial charge in [0.1, 0.15) is 5.34 Å². The van der Waals surface area contributed by atoms with Crippen LogP contribution in [-0.4, -0.2) is 195 Å². The lowest BCUT2D eigenvalue weighted by molar-refractivity contribution is 0.0546. The highest BCUT2D eigenvalue weighted by Crippen LogP contribution is 2.65. The van der Waals surface area contributed by atoms with Gasteiger partial charge in [0.25, 0.3) is 6.57 Å². The minimum absolute atomic E-state index is 0.250. The van der Waals surface area contributed by atoms with E-state index in [-0.39, 0.29) is 11.1 Å². The maximum Gasteiger partial charge on any atom is 0.325 e. The van der Waals surface area contributed by atoms with E-state index in [0.29, 0.717) is 68.2 Å². The van der Waals surface area contributed by atoms with E-state index >= 15 is 0 Å². The van der Waals surface area contributed by atoms with Crippen molar-refractivity contribution in [2.24, 2.45) is 0 Å². The molecule has 0 aliphatic rings. The Balaban J connectivity index is -0.000000193. The van der Waals surface area contributed by atoms with Crippen molar-refractivity contribution >= 4 is 75.0 Å². The van der Waals surface area contributed by atoms with Gasteiger partial charge < -0.3 is 33.2 Å². The normalized spacial score (nSPS) is 15.6. The number of aliphatic hydroxyl groups excluding tert-OH is 1. The maximum absolute atomic E-state index is 12.8. The fourth-order valence-corrected chi connectivity index (χ4v) is 16.3. The first-order valence-electron chi connectivity index (χ1n) is 26.3. The predicted octanol–water partition coefficient (Wildman–Crippen LogP) is 14.6. The van der Waals surface area contributed by atoms with E-state index in [9.17, 15) is 18.3 Å². The standard InChI is InChI=1S/2C14H32NO2PS.C9H22NO2PS.C8H19NS.C3H9O3P.C2H6O/c1-9-17-18(8,16)14(6,7)19-11-10-15(12(2)3)13(4)5;1-9-17-14(6,7)18(8,16)19-11-10-15(12(2)3)13(4)5;1-8(2)10(9(3)4)6-7-14-13(5,11)12;1-7(2)9(5-6-10)8(3)4;1-3-6-7(2,4)5;1-2-3/h2*12-13H,9-11H2,1-8H3;8-9H,6-7H2,1-5H3,(H,11,12);7-8,10H,5-6H2,1-4H3;3H2,1-2H3,(H,4,5);3H,2H2,1H3/t2*18-;;;;/m10..../s1. The fraction of sp³-hybridized carbons (Fsp3) is 1.00. The number of thiol groups is 1. The molecule has 0 spiro atoms. The van der Waals surface area contributed by atoms with Gasteiger partial charge in [0, 0.05) is 137 Å². The van der Waals surface area contributed by atoms with Crippen LogP contribution in [0.15, 0.2) is 0 Å². The average Bonchev–Trinajstić information content (AvgIpc) is 3.18. The van der Waals surface area contributed by atoms with Gasteiger partial charge in [-0.05, 0) is 166 Å². The van der Waals surface area contributed by atoms with Gasteiger partial charge in [0.15, 0.2) is 6.34 Å². The van der Waals surface area contributed by atoms with E-state index in [0.717, 1.165) is 55.9 Å². The third-order valence-electron chi connectivity index (χ3n) is 11.0. The van der Waals surface area contributed by atoms with Gasteiger partial charge in [-0.3, -0.25) is 33.3 Å². The minimum atomic E-state index is -3.17. The summed E-state index contributed by atoms with van der Waals surface area (Å²) in [5.74, 6) is 3.55. The van der Waals surface area contributed by atoms with Gasteiger partial charge in [0.05, 0.1) is 17.7 Å². The zero-order valence-corrected chi connectivity index (χ0v) is 58.5. The molecule has 14 nitrogen and oxygen atoms in total. The Hall–Kier alpha value is 1.92. The summed E-state index contributed by atoms with van der Waals surface area (Å²) in [7, 11) is -5.72. The Kier molecular flexibility index (Phi) is 52.8. The van der Waals surface area contributed by atoms with Gasteiger partial charge in [-0.15, -0.1) is 11.8 Å². The Labute approximate surface area is 465 Å². The van der Waals surface area contributed by atoms with Crippen molar-refractivity contribution in [1.82, 2.24) is 19.6 Å². The van der Waals surface area contributed by atoms with Crippen molar-refractivity contribution in [1.29, 1.82) is 0 Å². The second-order valence-corrected chi connectivity index (χ2v) is 39.5. The zero-order valence-electron chi connectivity index (χ0n) is 51.6. The first-order chi connectivity index (χ1) is 32.4. The molecule has 0 aliphatic carbocycles. The van der Waals surface area contributed by atoms with Crippen LogP contribution in [0.3, 0.4) is 0 Å². The average molecular weight is 1190 g/mol. The quantitative estimate of drug-likeness (QED) is 0.0395. The molecule has 444 valence electrons. The van der Waals surface area contributed by atoms with Crippen molar-refractivity contribution < 1.29 is 46.9 Å². The molecule has 0 aliphatic heterocycles. The van der Waals surface area contributed by atoms with Crippen LogP contribution in [0.1, 0.15) is 166 Å². The molecule has 22 heteroatoms. The Bertz CT molecular complexity index is 1440. The van der Waals surface area contributed by atoms with Crippen LogP contribution in [-0.2, 0) is 32.0 Å². The Morgan fingerprint density at radius 1 is 0.500 bits per heavy atom. The van der Waals surface area contributed by atoms with Crippen LogP contribution >= 0.6 is 75.0 Å². The monoisotopic (exact) mass is 1190 g/mol. The first kappa shape index (κ1) is 85.2. The molecule has 0 aromatic carbocycles. The molecule has 0 saturated carbocycles. The minimum Gasteiger partial charge on any atom is -0.397 e. The van der Waals surface area contributed by atoms with E-state index in [1.54, 1.807) is 43.7 Å². The molecule has 0 aromatic rings. The summed E-state index contributed by atoms with van der Waals surface area (Å²) < 4.78 is 61.6. The van der Waals surface area contributed by atoms with Crippen LogP contribution in [0.25, 0.3) is 0 Å². The zero-order chi connectivity index (χ0) is 58.7. The molecule has 0 fully saturated rings. The molecule has 0 saturated heterocycles. The van der Waals surface area contributed by atoms with Crippen molar-refractivity contribution in [2.75, 3.05) is 102 Å². The van der Waals surface area contributed by atoms with Crippen molar-refractivity contribution in [3.8, 4) is 0 Å². The summed E-state index contributed by atoms with van der Waals surface area (Å²) in [6, 6.07) is 4.41. The molecule has 0 rings (SSSR count). The molecule has 2 unspecified atom stereocenters. The second-order valence-electron chi connectivity index (χ2n) is 20.7. The summed E-state index contributed by atoms with van der Waals surface area (Å²) in [6.45, 7) is 59.3. The topological polar surface area (TPSA) is 170 Å². The third kappa shape index (κ3) is 46.8. The lowest BCUT2D eigenvalue weighted by atomic mass is 10.2. The lowest BCUT2D eigenvalue weighted by Crippen LogP contribution is -2.39. The summed E-state index contributed by atoms with van der Waals surface area (Å²) in [5.41, 5.74) is 0. The SMILES string of the molecule is CC(C)N(CCS)C(C)C.CC(C)N(CCSP(C)(=O)O)C(C)C.CCO.CCOC(C)(C)[P@@](C)(=O)SCCN(C(C)C)C(C)C.CCOP(C)(=O)O.CCO[P@@](C)(=O)C(C)(C)SCCN(C(C)C)C(C)C. The number of hydrogen-bond donors (Lipinski definition) is 4. The summed E-state index contributed by atoms with van der Waals surface area (Å²) in [5, 5.41) is 7.03. The smallest absolute Gasteiger partial charge is 0.325 e. The van der Waals surface area contributed by atoms with Crippen LogP contribution in [0.5, 0.6) is 0 Å². The third-order valence-corrected chi connectivity index (χ3v) is 26.3. The van der Waals surface area contributed by atoms with E-state index in [1.807, 2.05) is 48.2 Å². The largest absolute Gasteiger partial charge is 0.397 e. The molecule has 0 heterocycles. The highest BCUT2D eigenvalue weighted by molar-refractivity contribution is 8.58. The molecule has 72 heavy (non-hydrogen) atoms. The summed E-state index contributed by atoms with van der Waals surface area (Å²) in [4.78, 5) is 27.1. The fourth-order valence-electron chi connectivity index (χ4n) is 6.99. The molecule has 4 atom stereocenters. The van der Waals surface area contributed by atoms with Crippen LogP contribution in [0.4, 0.5) is 0 Å². The molecule has 0 amide bonds. The summed E-state index contributed by atoms with van der Waals surface area (Å²) >= 11 is 8.71. The number of nitrogens with zero attached hydrogens (tertiary/aromatic N) is 4. The molecule has 3 N–H and O–H groups in total. The van der Waals surface area contributed by atoms with Crippen molar-refractivity contribution in [3.05, 3.63) is 0 Å². The molecular formula is C50H120N4O10P4S4. The molecule has 0 radical (unpaired) electrons. The van der Waals surface area contributed by atoms with Crippen molar-refractivity contribution in [2.45, 2.75) is 224 Å². The number of hydrogen-bond acceptors (Lipinski definition) is 16. The molecule has 0 aromatic heterocycles. The predicted molar refractivity (Wildman–Crippen MR) is 333 cm³/mol. The van der Waals surface area contributed by atoms with Crippen LogP contribution < -0.4 is 0 Å². The lowest BCUT2D eigenvalue weighted by Gasteiger charge is -2.34. The maximum atomic E-state index is 12.8. The van der Waals surface area contributed by atoms with Crippen molar-refractivity contribution in [3.63, 3.8) is 0 Å². The molecule has 0 bridgehead atoms. The first-order valence-corrected chi connectivity index (χ1v) is 39.4. The molecular weight excluding hydrogens is 1070 g/mol. The van der Waals surface area contributed by atoms with Gasteiger partial charge in [-0.25, -0.2) is 0 Å². The Morgan fingerprint density at radius 3 is 1.01 bits per heavy atom. The highest BCUT2D eigenvalue weighted by Gasteiger charge is 2.38. The number of rotatable bonds is 30. The Morgan fingerprint density at radius 2 is 0.792 bits per heavy atom. The van der Waals surface area contributed by atoms with E-state index < -0.39 is 33.2 Å². The number of ether oxygens (including phenoxy) is 1. The van der Waals surface area contributed by atoms with Gasteiger partial charge in [-0.2, -0.15) is 12.6 Å². The summed E-state index contributed by atoms with van der Waals surface area (Å²) in [6.07, 6.45) is -2.36. The van der Waals surface area contributed by atoms with Crippen LogP contribution in [0.2, 0.25) is 0 Å².